The molecule has 0 radical (unpaired) electrons. The van der Waals surface area contributed by atoms with Crippen molar-refractivity contribution in [1.29, 1.82) is 0 Å². The lowest BCUT2D eigenvalue weighted by atomic mass is 9.95. The molecule has 0 unspecified atom stereocenters. The zero-order valence-electron chi connectivity index (χ0n) is 15.4. The molecule has 0 spiro atoms. The fourth-order valence-electron chi connectivity index (χ4n) is 3.05. The number of barbiturate groups is 1. The molecular formula is C21H22N2O4. The first kappa shape index (κ1) is 18.6. The maximum absolute atomic E-state index is 12.9. The summed E-state index contributed by atoms with van der Waals surface area (Å²) in [4.78, 5) is 38.4. The van der Waals surface area contributed by atoms with E-state index in [1.165, 1.54) is 0 Å². The topological polar surface area (TPSA) is 75.7 Å². The highest BCUT2D eigenvalue weighted by atomic mass is 16.5. The van der Waals surface area contributed by atoms with Crippen LogP contribution in [0.2, 0.25) is 0 Å². The molecule has 6 heteroatoms. The zero-order chi connectivity index (χ0) is 19.4. The number of imide groups is 2. The van der Waals surface area contributed by atoms with E-state index in [9.17, 15) is 14.4 Å². The van der Waals surface area contributed by atoms with Crippen LogP contribution in [-0.4, -0.2) is 24.5 Å². The summed E-state index contributed by atoms with van der Waals surface area (Å²) >= 11 is 0. The monoisotopic (exact) mass is 366 g/mol. The Morgan fingerprint density at radius 2 is 1.56 bits per heavy atom. The van der Waals surface area contributed by atoms with Crippen LogP contribution in [0.1, 0.15) is 25.0 Å². The van der Waals surface area contributed by atoms with E-state index in [2.05, 4.69) is 5.32 Å². The molecule has 0 aromatic heterocycles. The third kappa shape index (κ3) is 4.00. The van der Waals surface area contributed by atoms with Crippen LogP contribution in [0.4, 0.5) is 10.5 Å². The second-order valence-corrected chi connectivity index (χ2v) is 6.32. The van der Waals surface area contributed by atoms with Gasteiger partial charge in [0, 0.05) is 0 Å². The quantitative estimate of drug-likeness (QED) is 0.797. The van der Waals surface area contributed by atoms with Crippen molar-refractivity contribution in [3.8, 4) is 5.75 Å². The summed E-state index contributed by atoms with van der Waals surface area (Å²) in [6.45, 7) is 4.49. The highest BCUT2D eigenvalue weighted by molar-refractivity contribution is 6.27. The van der Waals surface area contributed by atoms with Gasteiger partial charge in [0.25, 0.3) is 0 Å². The average Bonchev–Trinajstić information content (AvgIpc) is 2.67. The SMILES string of the molecule is CCOc1ccc(C[C@@H]2C(=O)NC(=O)N(c3ccc(CC)cc3)C2=O)cc1. The molecule has 3 rings (SSSR count). The van der Waals surface area contributed by atoms with Crippen LogP contribution in [-0.2, 0) is 22.4 Å². The molecule has 1 heterocycles. The predicted octanol–water partition coefficient (Wildman–Crippen LogP) is 3.09. The van der Waals surface area contributed by atoms with Crippen LogP contribution in [0, 0.1) is 5.92 Å². The molecule has 1 fully saturated rings. The van der Waals surface area contributed by atoms with Crippen molar-refractivity contribution in [2.45, 2.75) is 26.7 Å². The normalized spacial score (nSPS) is 17.0. The van der Waals surface area contributed by atoms with E-state index in [0.717, 1.165) is 28.2 Å². The Balaban J connectivity index is 1.81. The van der Waals surface area contributed by atoms with E-state index >= 15 is 0 Å². The van der Waals surface area contributed by atoms with E-state index < -0.39 is 23.8 Å². The molecule has 4 amide bonds. The predicted molar refractivity (Wildman–Crippen MR) is 102 cm³/mol. The van der Waals surface area contributed by atoms with E-state index in [4.69, 9.17) is 4.74 Å². The number of hydrogen-bond donors (Lipinski definition) is 1. The Morgan fingerprint density at radius 3 is 2.15 bits per heavy atom. The molecule has 140 valence electrons. The van der Waals surface area contributed by atoms with Crippen molar-refractivity contribution in [3.63, 3.8) is 0 Å². The number of carbonyl (C=O) groups excluding carboxylic acids is 3. The molecule has 1 N–H and O–H groups in total. The Morgan fingerprint density at radius 1 is 0.926 bits per heavy atom. The number of urea groups is 1. The molecule has 0 bridgehead atoms. The summed E-state index contributed by atoms with van der Waals surface area (Å²) in [6, 6.07) is 13.7. The molecule has 1 atom stereocenters. The standard InChI is InChI=1S/C21H22N2O4/c1-3-14-5-9-16(10-6-14)23-20(25)18(19(24)22-21(23)26)13-15-7-11-17(12-8-15)27-4-2/h5-12,18H,3-4,13H2,1-2H3,(H,22,24,26)/t18-/m1/s1. The van der Waals surface area contributed by atoms with Gasteiger partial charge in [-0.15, -0.1) is 0 Å². The fourth-order valence-corrected chi connectivity index (χ4v) is 3.05. The fraction of sp³-hybridized carbons (Fsp3) is 0.286. The summed E-state index contributed by atoms with van der Waals surface area (Å²) in [5, 5.41) is 2.29. The van der Waals surface area contributed by atoms with Crippen LogP contribution < -0.4 is 15.0 Å². The van der Waals surface area contributed by atoms with Gasteiger partial charge in [0.2, 0.25) is 11.8 Å². The van der Waals surface area contributed by atoms with Gasteiger partial charge in [0.05, 0.1) is 12.3 Å². The van der Waals surface area contributed by atoms with Crippen molar-refractivity contribution >= 4 is 23.5 Å². The molecule has 1 saturated heterocycles. The van der Waals surface area contributed by atoms with Crippen molar-refractivity contribution in [2.24, 2.45) is 5.92 Å². The van der Waals surface area contributed by atoms with Gasteiger partial charge in [-0.3, -0.25) is 14.9 Å². The van der Waals surface area contributed by atoms with Gasteiger partial charge >= 0.3 is 6.03 Å². The number of amides is 4. The number of hydrogen-bond acceptors (Lipinski definition) is 4. The van der Waals surface area contributed by atoms with Crippen molar-refractivity contribution in [3.05, 3.63) is 59.7 Å². The minimum Gasteiger partial charge on any atom is -0.494 e. The summed E-state index contributed by atoms with van der Waals surface area (Å²) < 4.78 is 5.40. The van der Waals surface area contributed by atoms with Gasteiger partial charge < -0.3 is 4.74 Å². The number of nitrogens with zero attached hydrogens (tertiary/aromatic N) is 1. The Hall–Kier alpha value is -3.15. The number of rotatable bonds is 6. The maximum atomic E-state index is 12.9. The molecule has 0 saturated carbocycles. The third-order valence-corrected chi connectivity index (χ3v) is 4.55. The van der Waals surface area contributed by atoms with Gasteiger partial charge in [-0.2, -0.15) is 0 Å². The Bertz CT molecular complexity index is 843. The van der Waals surface area contributed by atoms with Crippen molar-refractivity contribution in [1.82, 2.24) is 5.32 Å². The van der Waals surface area contributed by atoms with Crippen LogP contribution >= 0.6 is 0 Å². The number of aryl methyl sites for hydroxylation is 1. The van der Waals surface area contributed by atoms with Gasteiger partial charge in [-0.25, -0.2) is 9.69 Å². The van der Waals surface area contributed by atoms with Crippen LogP contribution in [0.25, 0.3) is 0 Å². The first-order chi connectivity index (χ1) is 13.0. The second kappa shape index (κ2) is 8.03. The highest BCUT2D eigenvalue weighted by Gasteiger charge is 2.41. The summed E-state index contributed by atoms with van der Waals surface area (Å²) in [5.41, 5.74) is 2.38. The Kier molecular flexibility index (Phi) is 5.54. The molecular weight excluding hydrogens is 344 g/mol. The van der Waals surface area contributed by atoms with E-state index in [-0.39, 0.29) is 6.42 Å². The van der Waals surface area contributed by atoms with Crippen molar-refractivity contribution in [2.75, 3.05) is 11.5 Å². The minimum atomic E-state index is -0.952. The first-order valence-corrected chi connectivity index (χ1v) is 9.03. The molecule has 27 heavy (non-hydrogen) atoms. The van der Waals surface area contributed by atoms with E-state index in [0.29, 0.717) is 12.3 Å². The molecule has 1 aliphatic heterocycles. The van der Waals surface area contributed by atoms with E-state index in [1.807, 2.05) is 38.1 Å². The highest BCUT2D eigenvalue weighted by Crippen LogP contribution is 2.24. The lowest BCUT2D eigenvalue weighted by Crippen LogP contribution is -2.58. The molecule has 1 aliphatic rings. The minimum absolute atomic E-state index is 0.216. The molecule has 2 aromatic carbocycles. The lowest BCUT2D eigenvalue weighted by Gasteiger charge is -2.30. The van der Waals surface area contributed by atoms with Gasteiger partial charge in [0.15, 0.2) is 0 Å². The van der Waals surface area contributed by atoms with Gasteiger partial charge in [0.1, 0.15) is 11.7 Å². The number of nitrogens with one attached hydrogen (secondary N) is 1. The van der Waals surface area contributed by atoms with Crippen LogP contribution in [0.15, 0.2) is 48.5 Å². The summed E-state index contributed by atoms with van der Waals surface area (Å²) in [6.07, 6.45) is 1.08. The van der Waals surface area contributed by atoms with Gasteiger partial charge in [-0.05, 0) is 55.2 Å². The second-order valence-electron chi connectivity index (χ2n) is 6.32. The van der Waals surface area contributed by atoms with Crippen LogP contribution in [0.5, 0.6) is 5.75 Å². The summed E-state index contributed by atoms with van der Waals surface area (Å²) in [5.74, 6) is -1.30. The smallest absolute Gasteiger partial charge is 0.335 e. The Labute approximate surface area is 158 Å². The molecule has 2 aromatic rings. The van der Waals surface area contributed by atoms with Crippen molar-refractivity contribution < 1.29 is 19.1 Å². The number of benzene rings is 2. The number of carbonyl (C=O) groups is 3. The number of ether oxygens (including phenoxy) is 1. The van der Waals surface area contributed by atoms with Crippen LogP contribution in [0.3, 0.4) is 0 Å². The average molecular weight is 366 g/mol. The lowest BCUT2D eigenvalue weighted by molar-refractivity contribution is -0.134. The zero-order valence-corrected chi connectivity index (χ0v) is 15.4. The number of anilines is 1. The molecule has 6 nitrogen and oxygen atoms in total. The van der Waals surface area contributed by atoms with E-state index in [1.54, 1.807) is 24.3 Å². The van der Waals surface area contributed by atoms with Gasteiger partial charge in [-0.1, -0.05) is 31.2 Å². The largest absolute Gasteiger partial charge is 0.494 e. The summed E-state index contributed by atoms with van der Waals surface area (Å²) in [7, 11) is 0. The molecule has 0 aliphatic carbocycles. The first-order valence-electron chi connectivity index (χ1n) is 9.03. The maximum Gasteiger partial charge on any atom is 0.335 e. The third-order valence-electron chi connectivity index (χ3n) is 4.55.